The van der Waals surface area contributed by atoms with Crippen LogP contribution in [0.2, 0.25) is 0 Å². The Morgan fingerprint density at radius 1 is 1.36 bits per heavy atom. The average molecular weight is 264 g/mol. The molecular weight excluding hydrogens is 248 g/mol. The Morgan fingerprint density at radius 3 is 2.36 bits per heavy atom. The van der Waals surface area contributed by atoms with Crippen LogP contribution in [0.1, 0.15) is 25.3 Å². The van der Waals surface area contributed by atoms with Gasteiger partial charge in [-0.3, -0.25) is 15.4 Å². The molecular formula is C10H16N3Rb. The smallest absolute Gasteiger partial charge is 0.358 e. The molecule has 1 aromatic heterocycles. The van der Waals surface area contributed by atoms with Crippen LogP contribution in [0.15, 0.2) is 18.3 Å². The molecule has 0 radical (unpaired) electrons. The molecule has 1 heterocycles. The second-order valence-electron chi connectivity index (χ2n) is 3.04. The normalized spacial score (nSPS) is 8.79. The van der Waals surface area contributed by atoms with Gasteiger partial charge < -0.3 is 7.43 Å². The largest absolute Gasteiger partial charge is 1.00 e. The van der Waals surface area contributed by atoms with E-state index < -0.39 is 0 Å². The molecule has 4 heteroatoms. The maximum atomic E-state index is 7.42. The quantitative estimate of drug-likeness (QED) is 0.391. The van der Waals surface area contributed by atoms with Crippen molar-refractivity contribution < 1.29 is 58.2 Å². The van der Waals surface area contributed by atoms with Gasteiger partial charge in [-0.1, -0.05) is 19.9 Å². The molecule has 0 amide bonds. The van der Waals surface area contributed by atoms with Gasteiger partial charge >= 0.3 is 58.2 Å². The van der Waals surface area contributed by atoms with Gasteiger partial charge in [0.15, 0.2) is 0 Å². The Bertz CT molecular complexity index is 341. The van der Waals surface area contributed by atoms with Crippen LogP contribution in [0.25, 0.3) is 0 Å². The van der Waals surface area contributed by atoms with E-state index in [4.69, 9.17) is 10.8 Å². The zero-order valence-electron chi connectivity index (χ0n) is 9.33. The Kier molecular flexibility index (Phi) is 9.24. The van der Waals surface area contributed by atoms with Crippen molar-refractivity contribution in [2.24, 2.45) is 0 Å². The van der Waals surface area contributed by atoms with Crippen LogP contribution in [-0.2, 0) is 0 Å². The van der Waals surface area contributed by atoms with Gasteiger partial charge in [-0.05, 0) is 17.5 Å². The molecule has 72 valence electrons. The summed E-state index contributed by atoms with van der Waals surface area (Å²) in [5, 5.41) is 14.5. The van der Waals surface area contributed by atoms with Crippen molar-refractivity contribution in [3.05, 3.63) is 36.8 Å². The molecule has 0 spiro atoms. The van der Waals surface area contributed by atoms with Crippen molar-refractivity contribution in [2.45, 2.75) is 19.8 Å². The van der Waals surface area contributed by atoms with E-state index >= 15 is 0 Å². The topological polar surface area (TPSA) is 52.6 Å². The standard InChI is InChI=1S/C9H13N3.CH3.Rb/c1-7(2)8-3-4-9(11)12(5-8)6-10;;/h3-7,10-11H,1-2H3;1H3;/q;-1;+1. The van der Waals surface area contributed by atoms with Gasteiger partial charge in [-0.25, -0.2) is 0 Å². The molecule has 0 aliphatic carbocycles. The van der Waals surface area contributed by atoms with Gasteiger partial charge in [0.1, 0.15) is 5.49 Å². The van der Waals surface area contributed by atoms with Gasteiger partial charge in [0.25, 0.3) is 0 Å². The number of rotatable bonds is 2. The van der Waals surface area contributed by atoms with Gasteiger partial charge in [-0.2, -0.15) is 0 Å². The van der Waals surface area contributed by atoms with E-state index in [9.17, 15) is 0 Å². The van der Waals surface area contributed by atoms with Crippen molar-refractivity contribution in [3.63, 3.8) is 0 Å². The second-order valence-corrected chi connectivity index (χ2v) is 3.04. The summed E-state index contributed by atoms with van der Waals surface area (Å²) in [4.78, 5) is 0. The van der Waals surface area contributed by atoms with Crippen LogP contribution in [0.5, 0.6) is 0 Å². The van der Waals surface area contributed by atoms with E-state index in [1.165, 1.54) is 4.57 Å². The minimum absolute atomic E-state index is 0. The monoisotopic (exact) mass is 263 g/mol. The third-order valence-corrected chi connectivity index (χ3v) is 1.81. The molecule has 3 nitrogen and oxygen atoms in total. The zero-order chi connectivity index (χ0) is 9.14. The van der Waals surface area contributed by atoms with Gasteiger partial charge in [-0.15, -0.1) is 0 Å². The molecule has 0 bridgehead atoms. The number of nitrogens with one attached hydrogen (secondary N) is 2. The zero-order valence-corrected chi connectivity index (χ0v) is 14.3. The molecule has 0 atom stereocenters. The molecule has 0 aliphatic rings. The molecule has 14 heavy (non-hydrogen) atoms. The van der Waals surface area contributed by atoms with Crippen LogP contribution < -0.4 is 63.7 Å². The fourth-order valence-electron chi connectivity index (χ4n) is 0.983. The number of pyridine rings is 1. The van der Waals surface area contributed by atoms with Crippen LogP contribution in [0.4, 0.5) is 0 Å². The number of aromatic nitrogens is 1. The summed E-state index contributed by atoms with van der Waals surface area (Å²) < 4.78 is 1.50. The van der Waals surface area contributed by atoms with E-state index in [-0.39, 0.29) is 65.6 Å². The summed E-state index contributed by atoms with van der Waals surface area (Å²) in [5.74, 6) is 0.441. The van der Waals surface area contributed by atoms with E-state index in [2.05, 4.69) is 13.8 Å². The van der Waals surface area contributed by atoms with E-state index in [1.807, 2.05) is 12.3 Å². The molecule has 1 rings (SSSR count). The Morgan fingerprint density at radius 2 is 1.93 bits per heavy atom. The van der Waals surface area contributed by atoms with Crippen molar-refractivity contribution in [1.29, 1.82) is 10.8 Å². The van der Waals surface area contributed by atoms with E-state index in [1.54, 1.807) is 6.07 Å². The van der Waals surface area contributed by atoms with Crippen molar-refractivity contribution in [1.82, 2.24) is 4.57 Å². The van der Waals surface area contributed by atoms with Crippen LogP contribution >= 0.6 is 0 Å². The molecule has 0 unspecified atom stereocenters. The predicted molar refractivity (Wildman–Crippen MR) is 55.0 cm³/mol. The Labute approximate surface area is 134 Å². The summed E-state index contributed by atoms with van der Waals surface area (Å²) in [6.45, 7) is 4.18. The summed E-state index contributed by atoms with van der Waals surface area (Å²) >= 11 is 0. The van der Waals surface area contributed by atoms with Gasteiger partial charge in [0.2, 0.25) is 0 Å². The minimum Gasteiger partial charge on any atom is -0.358 e. The summed E-state index contributed by atoms with van der Waals surface area (Å²) in [6, 6.07) is 3.63. The summed E-state index contributed by atoms with van der Waals surface area (Å²) in [6.07, 6.45) is 2.97. The number of hydrogen-bond donors (Lipinski definition) is 2. The Balaban J connectivity index is 0. The average Bonchev–Trinajstić information content (AvgIpc) is 2.05. The fourth-order valence-corrected chi connectivity index (χ4v) is 0.983. The first kappa shape index (κ1) is 16.8. The summed E-state index contributed by atoms with van der Waals surface area (Å²) in [5.41, 5.74) is 1.49. The predicted octanol–water partition coefficient (Wildman–Crippen LogP) is -1.000. The van der Waals surface area contributed by atoms with E-state index in [0.29, 0.717) is 11.4 Å². The molecule has 0 saturated heterocycles. The first-order valence-corrected chi connectivity index (χ1v) is 3.92. The molecule has 0 aromatic carbocycles. The molecule has 2 N–H and O–H groups in total. The molecule has 0 aliphatic heterocycles. The van der Waals surface area contributed by atoms with Crippen molar-refractivity contribution in [2.75, 3.05) is 0 Å². The van der Waals surface area contributed by atoms with Crippen molar-refractivity contribution in [3.8, 4) is 0 Å². The van der Waals surface area contributed by atoms with Crippen molar-refractivity contribution >= 4 is 6.34 Å². The number of hydrogen-bond acceptors (Lipinski definition) is 2. The molecule has 0 fully saturated rings. The third kappa shape index (κ3) is 4.30. The third-order valence-electron chi connectivity index (χ3n) is 1.81. The van der Waals surface area contributed by atoms with Crippen LogP contribution in [0.3, 0.4) is 0 Å². The van der Waals surface area contributed by atoms with Gasteiger partial charge in [0, 0.05) is 6.20 Å². The second kappa shape index (κ2) is 7.68. The van der Waals surface area contributed by atoms with Gasteiger partial charge in [0.05, 0.1) is 6.34 Å². The fraction of sp³-hybridized carbons (Fsp3) is 0.300. The molecule has 1 aromatic rings. The van der Waals surface area contributed by atoms with Crippen LogP contribution in [-0.4, -0.2) is 10.9 Å². The first-order chi connectivity index (χ1) is 5.65. The maximum Gasteiger partial charge on any atom is 1.00 e. The molecule has 0 saturated carbocycles. The maximum absolute atomic E-state index is 7.42. The van der Waals surface area contributed by atoms with E-state index in [0.717, 1.165) is 11.9 Å². The first-order valence-electron chi connectivity index (χ1n) is 3.92. The minimum atomic E-state index is 0. The number of nitrogens with zero attached hydrogens (tertiary/aromatic N) is 1. The Hall–Kier alpha value is 0.425. The van der Waals surface area contributed by atoms with Crippen LogP contribution in [0, 0.1) is 18.2 Å². The summed E-state index contributed by atoms with van der Waals surface area (Å²) in [7, 11) is 0. The SMILES string of the molecule is CC(C)c1ccc(=N)n(C=N)c1.[CH3-].[Rb+].